The summed E-state index contributed by atoms with van der Waals surface area (Å²) in [6.45, 7) is 9.85. The minimum absolute atomic E-state index is 0.497. The van der Waals surface area contributed by atoms with Gasteiger partial charge in [0.2, 0.25) is 0 Å². The van der Waals surface area contributed by atoms with E-state index in [9.17, 15) is 0 Å². The highest BCUT2D eigenvalue weighted by Crippen LogP contribution is 2.32. The number of fused-ring (bicyclic) bond motifs is 1. The lowest BCUT2D eigenvalue weighted by atomic mass is 10.2. The Labute approximate surface area is 112 Å². The van der Waals surface area contributed by atoms with Crippen LogP contribution < -0.4 is 10.2 Å². The second kappa shape index (κ2) is 4.55. The number of rotatable bonds is 2. The highest BCUT2D eigenvalue weighted by molar-refractivity contribution is 7.21. The van der Waals surface area contributed by atoms with Crippen molar-refractivity contribution in [2.24, 2.45) is 0 Å². The Kier molecular flexibility index (Phi) is 3.03. The van der Waals surface area contributed by atoms with Crippen molar-refractivity contribution in [1.29, 1.82) is 0 Å². The Morgan fingerprint density at radius 2 is 2.33 bits per heavy atom. The Bertz CT molecular complexity index is 542. The van der Waals surface area contributed by atoms with Crippen LogP contribution in [0.1, 0.15) is 26.8 Å². The van der Waals surface area contributed by atoms with E-state index in [-0.39, 0.29) is 0 Å². The lowest BCUT2D eigenvalue weighted by Gasteiger charge is -2.33. The van der Waals surface area contributed by atoms with Crippen LogP contribution in [0.25, 0.3) is 10.3 Å². The summed E-state index contributed by atoms with van der Waals surface area (Å²) in [5.41, 5.74) is 1.13. The van der Waals surface area contributed by atoms with Crippen LogP contribution in [-0.4, -0.2) is 35.2 Å². The molecule has 5 heteroatoms. The molecule has 2 aromatic rings. The van der Waals surface area contributed by atoms with Gasteiger partial charge >= 0.3 is 0 Å². The van der Waals surface area contributed by atoms with Gasteiger partial charge < -0.3 is 14.8 Å². The zero-order chi connectivity index (χ0) is 12.7. The maximum atomic E-state index is 4.79. The van der Waals surface area contributed by atoms with E-state index in [0.717, 1.165) is 25.2 Å². The van der Waals surface area contributed by atoms with Gasteiger partial charge in [0.1, 0.15) is 10.3 Å². The molecule has 1 aliphatic heterocycles. The molecule has 1 unspecified atom stereocenters. The highest BCUT2D eigenvalue weighted by Gasteiger charge is 2.22. The fraction of sp³-hybridized carbons (Fsp3) is 0.615. The summed E-state index contributed by atoms with van der Waals surface area (Å²) in [6, 6.07) is 3.15. The molecule has 1 saturated heterocycles. The first kappa shape index (κ1) is 12.0. The number of thiazole rings is 1. The predicted molar refractivity (Wildman–Crippen MR) is 77.7 cm³/mol. The molecule has 0 aromatic carbocycles. The van der Waals surface area contributed by atoms with Crippen molar-refractivity contribution in [3.05, 3.63) is 12.3 Å². The van der Waals surface area contributed by atoms with E-state index in [0.29, 0.717) is 12.1 Å². The predicted octanol–water partition coefficient (Wildman–Crippen LogP) is 2.48. The van der Waals surface area contributed by atoms with E-state index < -0.39 is 0 Å². The Balaban J connectivity index is 1.97. The fourth-order valence-corrected chi connectivity index (χ4v) is 3.78. The quantitative estimate of drug-likeness (QED) is 0.904. The fourth-order valence-electron chi connectivity index (χ4n) is 2.48. The molecule has 2 aromatic heterocycles. The minimum atomic E-state index is 0.497. The molecular formula is C13H20N4S. The van der Waals surface area contributed by atoms with Crippen LogP contribution in [0.2, 0.25) is 0 Å². The first-order chi connectivity index (χ1) is 8.66. The van der Waals surface area contributed by atoms with Gasteiger partial charge in [-0.15, -0.1) is 0 Å². The van der Waals surface area contributed by atoms with Crippen LogP contribution >= 0.6 is 11.3 Å². The third kappa shape index (κ3) is 1.91. The monoisotopic (exact) mass is 264 g/mol. The lowest BCUT2D eigenvalue weighted by molar-refractivity contribution is 0.500. The van der Waals surface area contributed by atoms with Crippen molar-refractivity contribution in [3.8, 4) is 0 Å². The van der Waals surface area contributed by atoms with Crippen LogP contribution in [-0.2, 0) is 0 Å². The summed E-state index contributed by atoms with van der Waals surface area (Å²) in [7, 11) is 0. The van der Waals surface area contributed by atoms with Crippen molar-refractivity contribution in [3.63, 3.8) is 0 Å². The molecule has 0 aliphatic carbocycles. The smallest absolute Gasteiger partial charge is 0.188 e. The average molecular weight is 264 g/mol. The maximum absolute atomic E-state index is 4.79. The van der Waals surface area contributed by atoms with E-state index >= 15 is 0 Å². The van der Waals surface area contributed by atoms with Crippen LogP contribution in [0, 0.1) is 0 Å². The molecular weight excluding hydrogens is 244 g/mol. The van der Waals surface area contributed by atoms with Gasteiger partial charge in [-0.05, 0) is 26.8 Å². The summed E-state index contributed by atoms with van der Waals surface area (Å²) in [5.74, 6) is 0. The van der Waals surface area contributed by atoms with Gasteiger partial charge in [0.25, 0.3) is 0 Å². The number of nitrogens with zero attached hydrogens (tertiary/aromatic N) is 3. The highest BCUT2D eigenvalue weighted by atomic mass is 32.1. The number of anilines is 1. The molecule has 18 heavy (non-hydrogen) atoms. The van der Waals surface area contributed by atoms with Gasteiger partial charge in [-0.1, -0.05) is 11.3 Å². The number of aromatic nitrogens is 2. The maximum Gasteiger partial charge on any atom is 0.188 e. The standard InChI is InChI=1S/C13H20N4S/c1-9(2)16-6-4-11-12(16)18-13(15-11)17-7-5-14-8-10(17)3/h4,6,9-10,14H,5,7-8H2,1-3H3. The SMILES string of the molecule is CC1CNCCN1c1nc2ccn(C(C)C)c2s1. The summed E-state index contributed by atoms with van der Waals surface area (Å²) in [5, 5.41) is 4.59. The van der Waals surface area contributed by atoms with Crippen molar-refractivity contribution in [2.45, 2.75) is 32.9 Å². The molecule has 3 rings (SSSR count). The molecule has 1 N–H and O–H groups in total. The topological polar surface area (TPSA) is 33.1 Å². The number of nitrogens with one attached hydrogen (secondary N) is 1. The third-order valence-electron chi connectivity index (χ3n) is 3.55. The summed E-state index contributed by atoms with van der Waals surface area (Å²) in [6.07, 6.45) is 2.14. The molecule has 3 heterocycles. The third-order valence-corrected chi connectivity index (χ3v) is 4.68. The molecule has 0 bridgehead atoms. The summed E-state index contributed by atoms with van der Waals surface area (Å²) < 4.78 is 2.31. The molecule has 1 fully saturated rings. The van der Waals surface area contributed by atoms with Gasteiger partial charge in [-0.25, -0.2) is 4.98 Å². The van der Waals surface area contributed by atoms with Crippen LogP contribution in [0.3, 0.4) is 0 Å². The molecule has 0 saturated carbocycles. The first-order valence-electron chi connectivity index (χ1n) is 6.61. The second-order valence-electron chi connectivity index (χ2n) is 5.25. The van der Waals surface area contributed by atoms with Crippen molar-refractivity contribution in [1.82, 2.24) is 14.9 Å². The zero-order valence-corrected chi connectivity index (χ0v) is 12.0. The molecule has 0 radical (unpaired) electrons. The van der Waals surface area contributed by atoms with Gasteiger partial charge in [0.05, 0.1) is 0 Å². The van der Waals surface area contributed by atoms with Crippen LogP contribution in [0.5, 0.6) is 0 Å². The van der Waals surface area contributed by atoms with E-state index in [2.05, 4.69) is 47.8 Å². The number of piperazine rings is 1. The Hall–Kier alpha value is -1.07. The van der Waals surface area contributed by atoms with Crippen molar-refractivity contribution >= 4 is 26.8 Å². The van der Waals surface area contributed by atoms with Gasteiger partial charge in [-0.3, -0.25) is 0 Å². The average Bonchev–Trinajstić information content (AvgIpc) is 2.88. The zero-order valence-electron chi connectivity index (χ0n) is 11.2. The molecule has 98 valence electrons. The Morgan fingerprint density at radius 3 is 3.06 bits per heavy atom. The molecule has 1 aliphatic rings. The van der Waals surface area contributed by atoms with Crippen LogP contribution in [0.4, 0.5) is 5.13 Å². The summed E-state index contributed by atoms with van der Waals surface area (Å²) in [4.78, 5) is 8.51. The van der Waals surface area contributed by atoms with E-state index in [1.807, 2.05) is 11.3 Å². The van der Waals surface area contributed by atoms with Crippen LogP contribution in [0.15, 0.2) is 12.3 Å². The molecule has 1 atom stereocenters. The molecule has 0 amide bonds. The minimum Gasteiger partial charge on any atom is -0.343 e. The van der Waals surface area contributed by atoms with E-state index in [1.54, 1.807) is 0 Å². The molecule has 0 spiro atoms. The normalized spacial score (nSPS) is 21.1. The van der Waals surface area contributed by atoms with Gasteiger partial charge in [0, 0.05) is 37.9 Å². The lowest BCUT2D eigenvalue weighted by Crippen LogP contribution is -2.49. The van der Waals surface area contributed by atoms with Crippen molar-refractivity contribution < 1.29 is 0 Å². The van der Waals surface area contributed by atoms with Gasteiger partial charge in [-0.2, -0.15) is 0 Å². The molecule has 4 nitrogen and oxygen atoms in total. The first-order valence-corrected chi connectivity index (χ1v) is 7.43. The van der Waals surface area contributed by atoms with E-state index in [4.69, 9.17) is 4.98 Å². The largest absolute Gasteiger partial charge is 0.343 e. The summed E-state index contributed by atoms with van der Waals surface area (Å²) >= 11 is 1.82. The number of hydrogen-bond donors (Lipinski definition) is 1. The number of hydrogen-bond acceptors (Lipinski definition) is 4. The van der Waals surface area contributed by atoms with E-state index in [1.165, 1.54) is 9.96 Å². The van der Waals surface area contributed by atoms with Gasteiger partial charge in [0.15, 0.2) is 5.13 Å². The second-order valence-corrected chi connectivity index (χ2v) is 6.21. The van der Waals surface area contributed by atoms with Crippen molar-refractivity contribution in [2.75, 3.05) is 24.5 Å². The Morgan fingerprint density at radius 1 is 1.50 bits per heavy atom.